The minimum atomic E-state index is -3.47. The molecule has 0 fully saturated rings. The van der Waals surface area contributed by atoms with E-state index in [1.165, 1.54) is 17.0 Å². The molecule has 2 aromatic carbocycles. The van der Waals surface area contributed by atoms with Gasteiger partial charge in [-0.3, -0.25) is 4.79 Å². The van der Waals surface area contributed by atoms with E-state index in [0.717, 1.165) is 11.8 Å². The lowest BCUT2D eigenvalue weighted by molar-refractivity contribution is 0.0781. The molecular weight excluding hydrogens is 322 g/mol. The summed E-state index contributed by atoms with van der Waals surface area (Å²) in [4.78, 5) is 14.0. The lowest BCUT2D eigenvalue weighted by atomic mass is 10.1. The molecular formula is C16H16ClNO3S. The Bertz CT molecular complexity index is 803. The number of benzene rings is 2. The van der Waals surface area contributed by atoms with Gasteiger partial charge in [-0.1, -0.05) is 41.9 Å². The van der Waals surface area contributed by atoms with Crippen LogP contribution in [0.3, 0.4) is 0 Å². The van der Waals surface area contributed by atoms with Gasteiger partial charge in [-0.15, -0.1) is 0 Å². The second kappa shape index (κ2) is 6.50. The third-order valence-corrected chi connectivity index (χ3v) is 4.75. The molecule has 0 aromatic heterocycles. The second-order valence-electron chi connectivity index (χ2n) is 5.02. The summed E-state index contributed by atoms with van der Waals surface area (Å²) in [6.45, 7) is 0.302. The van der Waals surface area contributed by atoms with Crippen molar-refractivity contribution in [2.75, 3.05) is 13.3 Å². The van der Waals surface area contributed by atoms with Crippen LogP contribution >= 0.6 is 11.6 Å². The van der Waals surface area contributed by atoms with Crippen LogP contribution in [0.4, 0.5) is 0 Å². The molecule has 22 heavy (non-hydrogen) atoms. The number of sulfone groups is 1. The molecule has 1 amide bonds. The highest BCUT2D eigenvalue weighted by Crippen LogP contribution is 2.20. The Labute approximate surface area is 135 Å². The zero-order valence-electron chi connectivity index (χ0n) is 12.3. The van der Waals surface area contributed by atoms with E-state index >= 15 is 0 Å². The highest BCUT2D eigenvalue weighted by atomic mass is 35.5. The number of rotatable bonds is 4. The lowest BCUT2D eigenvalue weighted by Gasteiger charge is -2.19. The number of carbonyl (C=O) groups excluding carboxylic acids is 1. The first-order valence-corrected chi connectivity index (χ1v) is 8.85. The van der Waals surface area contributed by atoms with E-state index in [1.54, 1.807) is 25.2 Å². The first kappa shape index (κ1) is 16.5. The maximum absolute atomic E-state index is 12.5. The Morgan fingerprint density at radius 3 is 2.32 bits per heavy atom. The van der Waals surface area contributed by atoms with Crippen LogP contribution in [0.25, 0.3) is 0 Å². The van der Waals surface area contributed by atoms with E-state index in [0.29, 0.717) is 11.6 Å². The molecule has 0 N–H and O–H groups in total. The number of hydrogen-bond donors (Lipinski definition) is 0. The van der Waals surface area contributed by atoms with Gasteiger partial charge in [0.1, 0.15) is 0 Å². The molecule has 2 rings (SSSR count). The molecule has 0 aliphatic heterocycles. The fourth-order valence-corrected chi connectivity index (χ4v) is 3.20. The Morgan fingerprint density at radius 2 is 1.68 bits per heavy atom. The maximum atomic E-state index is 12.5. The SMILES string of the molecule is CN(Cc1ccccc1Cl)C(=O)c1ccccc1S(C)(=O)=O. The summed E-state index contributed by atoms with van der Waals surface area (Å²) in [7, 11) is -1.85. The van der Waals surface area contributed by atoms with Gasteiger partial charge in [0, 0.05) is 24.9 Å². The van der Waals surface area contributed by atoms with Crippen molar-refractivity contribution in [1.29, 1.82) is 0 Å². The van der Waals surface area contributed by atoms with Gasteiger partial charge in [-0.2, -0.15) is 0 Å². The van der Waals surface area contributed by atoms with Crippen LogP contribution in [0.2, 0.25) is 5.02 Å². The van der Waals surface area contributed by atoms with Gasteiger partial charge in [-0.25, -0.2) is 8.42 Å². The van der Waals surface area contributed by atoms with Crippen molar-refractivity contribution in [2.45, 2.75) is 11.4 Å². The Hall–Kier alpha value is -1.85. The van der Waals surface area contributed by atoms with E-state index in [1.807, 2.05) is 18.2 Å². The van der Waals surface area contributed by atoms with Crippen LogP contribution in [0.15, 0.2) is 53.4 Å². The van der Waals surface area contributed by atoms with Gasteiger partial charge in [0.05, 0.1) is 10.5 Å². The molecule has 0 saturated carbocycles. The van der Waals surface area contributed by atoms with Crippen molar-refractivity contribution in [3.63, 3.8) is 0 Å². The van der Waals surface area contributed by atoms with Crippen molar-refractivity contribution in [2.24, 2.45) is 0 Å². The number of carbonyl (C=O) groups is 1. The average molecular weight is 338 g/mol. The number of amides is 1. The molecule has 2 aromatic rings. The van der Waals surface area contributed by atoms with Crippen LogP contribution in [0.5, 0.6) is 0 Å². The van der Waals surface area contributed by atoms with E-state index < -0.39 is 9.84 Å². The summed E-state index contributed by atoms with van der Waals surface area (Å²) in [5.74, 6) is -0.360. The first-order valence-electron chi connectivity index (χ1n) is 6.58. The Balaban J connectivity index is 2.31. The average Bonchev–Trinajstić information content (AvgIpc) is 2.48. The third kappa shape index (κ3) is 3.67. The smallest absolute Gasteiger partial charge is 0.255 e. The lowest BCUT2D eigenvalue weighted by Crippen LogP contribution is -2.27. The van der Waals surface area contributed by atoms with Gasteiger partial charge in [0.15, 0.2) is 9.84 Å². The normalized spacial score (nSPS) is 11.2. The van der Waals surface area contributed by atoms with Crippen LogP contribution in [0.1, 0.15) is 15.9 Å². The van der Waals surface area contributed by atoms with Crippen molar-refractivity contribution in [1.82, 2.24) is 4.90 Å². The van der Waals surface area contributed by atoms with Crippen LogP contribution in [-0.4, -0.2) is 32.5 Å². The number of halogens is 1. The van der Waals surface area contributed by atoms with Gasteiger partial charge >= 0.3 is 0 Å². The van der Waals surface area contributed by atoms with Crippen molar-refractivity contribution in [3.05, 3.63) is 64.7 Å². The summed E-state index contributed by atoms with van der Waals surface area (Å²) in [5.41, 5.74) is 0.969. The van der Waals surface area contributed by atoms with E-state index in [-0.39, 0.29) is 16.4 Å². The fourth-order valence-electron chi connectivity index (χ4n) is 2.13. The molecule has 0 radical (unpaired) electrons. The molecule has 0 aliphatic carbocycles. The van der Waals surface area contributed by atoms with Gasteiger partial charge in [0.25, 0.3) is 5.91 Å². The second-order valence-corrected chi connectivity index (χ2v) is 7.41. The third-order valence-electron chi connectivity index (χ3n) is 3.23. The van der Waals surface area contributed by atoms with Crippen LogP contribution in [-0.2, 0) is 16.4 Å². The predicted molar refractivity (Wildman–Crippen MR) is 86.8 cm³/mol. The minimum absolute atomic E-state index is 0.0333. The highest BCUT2D eigenvalue weighted by molar-refractivity contribution is 7.90. The Kier molecular flexibility index (Phi) is 4.88. The number of hydrogen-bond acceptors (Lipinski definition) is 3. The molecule has 0 heterocycles. The van der Waals surface area contributed by atoms with Gasteiger partial charge in [0.2, 0.25) is 0 Å². The van der Waals surface area contributed by atoms with Gasteiger partial charge in [-0.05, 0) is 23.8 Å². The van der Waals surface area contributed by atoms with Crippen molar-refractivity contribution >= 4 is 27.3 Å². The predicted octanol–water partition coefficient (Wildman–Crippen LogP) is 3.02. The molecule has 0 saturated heterocycles. The van der Waals surface area contributed by atoms with E-state index in [2.05, 4.69) is 0 Å². The molecule has 0 unspecified atom stereocenters. The fraction of sp³-hybridized carbons (Fsp3) is 0.188. The molecule has 4 nitrogen and oxygen atoms in total. The standard InChI is InChI=1S/C16H16ClNO3S/c1-18(11-12-7-3-5-9-14(12)17)16(19)13-8-4-6-10-15(13)22(2,20)21/h3-10H,11H2,1-2H3. The quantitative estimate of drug-likeness (QED) is 0.861. The summed E-state index contributed by atoms with van der Waals surface area (Å²) >= 11 is 6.09. The minimum Gasteiger partial charge on any atom is -0.337 e. The van der Waals surface area contributed by atoms with Crippen molar-refractivity contribution < 1.29 is 13.2 Å². The zero-order chi connectivity index (χ0) is 16.3. The maximum Gasteiger partial charge on any atom is 0.255 e. The first-order chi connectivity index (χ1) is 10.3. The summed E-state index contributed by atoms with van der Waals surface area (Å²) < 4.78 is 23.6. The molecule has 0 aliphatic rings. The molecule has 0 atom stereocenters. The largest absolute Gasteiger partial charge is 0.337 e. The molecule has 0 bridgehead atoms. The summed E-state index contributed by atoms with van der Waals surface area (Å²) in [5, 5.41) is 0.568. The number of nitrogens with zero attached hydrogens (tertiary/aromatic N) is 1. The van der Waals surface area contributed by atoms with E-state index in [9.17, 15) is 13.2 Å². The van der Waals surface area contributed by atoms with Crippen LogP contribution in [0, 0.1) is 0 Å². The topological polar surface area (TPSA) is 54.5 Å². The molecule has 6 heteroatoms. The summed E-state index contributed by atoms with van der Waals surface area (Å²) in [6.07, 6.45) is 1.09. The zero-order valence-corrected chi connectivity index (χ0v) is 13.9. The highest BCUT2D eigenvalue weighted by Gasteiger charge is 2.21. The monoisotopic (exact) mass is 337 g/mol. The van der Waals surface area contributed by atoms with Crippen molar-refractivity contribution in [3.8, 4) is 0 Å². The van der Waals surface area contributed by atoms with Crippen LogP contribution < -0.4 is 0 Å². The molecule has 116 valence electrons. The molecule has 0 spiro atoms. The van der Waals surface area contributed by atoms with Gasteiger partial charge < -0.3 is 4.90 Å². The van der Waals surface area contributed by atoms with E-state index in [4.69, 9.17) is 11.6 Å². The Morgan fingerprint density at radius 1 is 1.09 bits per heavy atom. The summed E-state index contributed by atoms with van der Waals surface area (Å²) in [6, 6.07) is 13.4.